The zero-order valence-electron chi connectivity index (χ0n) is 11.1. The van der Waals surface area contributed by atoms with E-state index in [1.54, 1.807) is 11.0 Å². The van der Waals surface area contributed by atoms with E-state index in [2.05, 4.69) is 5.92 Å². The van der Waals surface area contributed by atoms with Crippen LogP contribution in [0.5, 0.6) is 0 Å². The molecule has 1 aromatic carbocycles. The van der Waals surface area contributed by atoms with Gasteiger partial charge in [0.1, 0.15) is 5.58 Å². The average Bonchev–Trinajstić information content (AvgIpc) is 2.79. The molecule has 0 N–H and O–H groups in total. The lowest BCUT2D eigenvalue weighted by atomic mass is 10.1. The average molecular weight is 267 g/mol. The molecule has 1 atom stereocenters. The van der Waals surface area contributed by atoms with Crippen LogP contribution in [0.2, 0.25) is 0 Å². The Morgan fingerprint density at radius 1 is 1.35 bits per heavy atom. The maximum Gasteiger partial charge on any atom is 0.336 e. The van der Waals surface area contributed by atoms with Gasteiger partial charge in [-0.1, -0.05) is 0 Å². The fraction of sp³-hybridized carbons (Fsp3) is 0.250. The van der Waals surface area contributed by atoms with Crippen molar-refractivity contribution in [2.45, 2.75) is 13.3 Å². The molecule has 2 aromatic rings. The Morgan fingerprint density at radius 3 is 2.85 bits per heavy atom. The molecule has 3 rings (SSSR count). The summed E-state index contributed by atoms with van der Waals surface area (Å²) in [5.74, 6) is 2.56. The van der Waals surface area contributed by atoms with E-state index >= 15 is 0 Å². The van der Waals surface area contributed by atoms with Gasteiger partial charge >= 0.3 is 5.63 Å². The summed E-state index contributed by atoms with van der Waals surface area (Å²) in [7, 11) is 0. The number of benzene rings is 1. The second-order valence-corrected chi connectivity index (χ2v) is 5.00. The van der Waals surface area contributed by atoms with Crippen molar-refractivity contribution in [1.82, 2.24) is 0 Å². The van der Waals surface area contributed by atoms with Gasteiger partial charge in [0.15, 0.2) is 0 Å². The largest absolute Gasteiger partial charge is 0.423 e. The smallest absolute Gasteiger partial charge is 0.336 e. The number of carbonyl (C=O) groups is 1. The predicted molar refractivity (Wildman–Crippen MR) is 76.5 cm³/mol. The van der Waals surface area contributed by atoms with E-state index in [1.807, 2.05) is 19.1 Å². The number of rotatable bonds is 1. The SMILES string of the molecule is C#CC1CC(=O)N(c2ccc3c(C)cc(=O)oc3c2)C1. The maximum atomic E-state index is 12.0. The first-order valence-corrected chi connectivity index (χ1v) is 6.39. The molecule has 1 aromatic heterocycles. The lowest BCUT2D eigenvalue weighted by Gasteiger charge is -2.16. The molecular weight excluding hydrogens is 254 g/mol. The summed E-state index contributed by atoms with van der Waals surface area (Å²) >= 11 is 0. The molecular formula is C16H13NO3. The number of fused-ring (bicyclic) bond motifs is 1. The molecule has 0 bridgehead atoms. The summed E-state index contributed by atoms with van der Waals surface area (Å²) in [6.07, 6.45) is 5.75. The molecule has 0 saturated carbocycles. The van der Waals surface area contributed by atoms with Crippen LogP contribution in [0.1, 0.15) is 12.0 Å². The van der Waals surface area contributed by atoms with Crippen molar-refractivity contribution in [3.63, 3.8) is 0 Å². The number of hydrogen-bond acceptors (Lipinski definition) is 3. The van der Waals surface area contributed by atoms with E-state index in [-0.39, 0.29) is 17.5 Å². The van der Waals surface area contributed by atoms with E-state index in [0.29, 0.717) is 24.2 Å². The first-order valence-electron chi connectivity index (χ1n) is 6.39. The standard InChI is InChI=1S/C16H13NO3/c1-3-11-7-15(18)17(9-11)12-4-5-13-10(2)6-16(19)20-14(13)8-12/h1,4-6,8,11H,7,9H2,2H3. The first kappa shape index (κ1) is 12.5. The van der Waals surface area contributed by atoms with Gasteiger partial charge in [-0.3, -0.25) is 4.79 Å². The molecule has 4 heteroatoms. The molecule has 1 saturated heterocycles. The number of nitrogens with zero attached hydrogens (tertiary/aromatic N) is 1. The summed E-state index contributed by atoms with van der Waals surface area (Å²) in [5, 5.41) is 0.869. The van der Waals surface area contributed by atoms with E-state index in [4.69, 9.17) is 10.8 Å². The molecule has 1 amide bonds. The summed E-state index contributed by atoms with van der Waals surface area (Å²) in [6, 6.07) is 6.89. The third-order valence-corrected chi connectivity index (χ3v) is 3.61. The number of hydrogen-bond donors (Lipinski definition) is 0. The molecule has 0 radical (unpaired) electrons. The molecule has 1 unspecified atom stereocenters. The van der Waals surface area contributed by atoms with Crippen molar-refractivity contribution in [3.8, 4) is 12.3 Å². The van der Waals surface area contributed by atoms with Crippen LogP contribution in [-0.4, -0.2) is 12.5 Å². The zero-order valence-corrected chi connectivity index (χ0v) is 11.1. The van der Waals surface area contributed by atoms with E-state index < -0.39 is 0 Å². The Morgan fingerprint density at radius 2 is 2.15 bits per heavy atom. The van der Waals surface area contributed by atoms with Gasteiger partial charge < -0.3 is 9.32 Å². The minimum atomic E-state index is -0.388. The van der Waals surface area contributed by atoms with Crippen LogP contribution in [0.25, 0.3) is 11.0 Å². The van der Waals surface area contributed by atoms with Crippen LogP contribution in [0, 0.1) is 25.2 Å². The van der Waals surface area contributed by atoms with Crippen LogP contribution in [0.4, 0.5) is 5.69 Å². The maximum absolute atomic E-state index is 12.0. The molecule has 0 aliphatic carbocycles. The van der Waals surface area contributed by atoms with E-state index in [0.717, 1.165) is 10.9 Å². The topological polar surface area (TPSA) is 50.5 Å². The van der Waals surface area contributed by atoms with Crippen LogP contribution >= 0.6 is 0 Å². The summed E-state index contributed by atoms with van der Waals surface area (Å²) < 4.78 is 5.20. The minimum absolute atomic E-state index is 0.00213. The van der Waals surface area contributed by atoms with Crippen LogP contribution in [-0.2, 0) is 4.79 Å². The second-order valence-electron chi connectivity index (χ2n) is 5.00. The molecule has 0 spiro atoms. The predicted octanol–water partition coefficient (Wildman–Crippen LogP) is 2.09. The van der Waals surface area contributed by atoms with Crippen LogP contribution in [0.3, 0.4) is 0 Å². The lowest BCUT2D eigenvalue weighted by molar-refractivity contribution is -0.117. The molecule has 2 heterocycles. The van der Waals surface area contributed by atoms with Gasteiger partial charge in [0, 0.05) is 42.1 Å². The Hall–Kier alpha value is -2.54. The van der Waals surface area contributed by atoms with Gasteiger partial charge in [0.05, 0.1) is 0 Å². The van der Waals surface area contributed by atoms with Crippen molar-refractivity contribution < 1.29 is 9.21 Å². The van der Waals surface area contributed by atoms with Crippen LogP contribution < -0.4 is 10.5 Å². The second kappa shape index (κ2) is 4.53. The van der Waals surface area contributed by atoms with Gasteiger partial charge in [-0.05, 0) is 24.6 Å². The molecule has 1 fully saturated rings. The molecule has 4 nitrogen and oxygen atoms in total. The number of anilines is 1. The number of carbonyl (C=O) groups excluding carboxylic acids is 1. The Kier molecular flexibility index (Phi) is 2.83. The Bertz CT molecular complexity index is 797. The fourth-order valence-corrected chi connectivity index (χ4v) is 2.55. The molecule has 20 heavy (non-hydrogen) atoms. The molecule has 100 valence electrons. The van der Waals surface area contributed by atoms with E-state index in [9.17, 15) is 9.59 Å². The Labute approximate surface area is 116 Å². The van der Waals surface area contributed by atoms with Crippen molar-refractivity contribution in [2.75, 3.05) is 11.4 Å². The highest BCUT2D eigenvalue weighted by atomic mass is 16.4. The number of amides is 1. The molecule has 1 aliphatic rings. The highest BCUT2D eigenvalue weighted by Gasteiger charge is 2.29. The zero-order chi connectivity index (χ0) is 14.3. The summed E-state index contributed by atoms with van der Waals surface area (Å²) in [4.78, 5) is 25.0. The highest BCUT2D eigenvalue weighted by molar-refractivity contribution is 5.98. The third-order valence-electron chi connectivity index (χ3n) is 3.61. The summed E-state index contributed by atoms with van der Waals surface area (Å²) in [6.45, 7) is 2.37. The fourth-order valence-electron chi connectivity index (χ4n) is 2.55. The number of terminal acetylenes is 1. The van der Waals surface area contributed by atoms with Gasteiger partial charge in [-0.2, -0.15) is 0 Å². The van der Waals surface area contributed by atoms with Gasteiger partial charge in [-0.15, -0.1) is 12.3 Å². The van der Waals surface area contributed by atoms with Crippen molar-refractivity contribution in [2.24, 2.45) is 5.92 Å². The quantitative estimate of drug-likeness (QED) is 0.587. The number of aryl methyl sites for hydroxylation is 1. The summed E-state index contributed by atoms with van der Waals surface area (Å²) in [5.41, 5.74) is 1.68. The molecule has 1 aliphatic heterocycles. The van der Waals surface area contributed by atoms with E-state index in [1.165, 1.54) is 6.07 Å². The first-order chi connectivity index (χ1) is 9.58. The van der Waals surface area contributed by atoms with Crippen molar-refractivity contribution >= 4 is 22.6 Å². The highest BCUT2D eigenvalue weighted by Crippen LogP contribution is 2.28. The van der Waals surface area contributed by atoms with Gasteiger partial charge in [0.2, 0.25) is 5.91 Å². The monoisotopic (exact) mass is 267 g/mol. The minimum Gasteiger partial charge on any atom is -0.423 e. The van der Waals surface area contributed by atoms with Gasteiger partial charge in [0.25, 0.3) is 0 Å². The van der Waals surface area contributed by atoms with Crippen molar-refractivity contribution in [1.29, 1.82) is 0 Å². The van der Waals surface area contributed by atoms with Crippen LogP contribution in [0.15, 0.2) is 33.5 Å². The normalized spacial score (nSPS) is 18.5. The Balaban J connectivity index is 2.08. The lowest BCUT2D eigenvalue weighted by Crippen LogP contribution is -2.24. The van der Waals surface area contributed by atoms with Crippen molar-refractivity contribution in [3.05, 3.63) is 40.2 Å². The third kappa shape index (κ3) is 1.97. The van der Waals surface area contributed by atoms with Gasteiger partial charge in [-0.25, -0.2) is 4.79 Å².